The third kappa shape index (κ3) is 3.15. The molecule has 0 saturated carbocycles. The van der Waals surface area contributed by atoms with Gasteiger partial charge in [-0.2, -0.15) is 0 Å². The molecule has 0 aromatic carbocycles. The highest BCUT2D eigenvalue weighted by Gasteiger charge is 2.11. The molecule has 0 saturated heterocycles. The third-order valence-corrected chi connectivity index (χ3v) is 1.73. The molecule has 1 heterocycles. The number of nitrogens with two attached hydrogens (primary N) is 1. The molecule has 1 aromatic rings. The molecule has 1 atom stereocenters. The second kappa shape index (κ2) is 5.36. The Morgan fingerprint density at radius 1 is 1.86 bits per heavy atom. The molecule has 0 spiro atoms. The monoisotopic (exact) mass is 199 g/mol. The molecular weight excluding hydrogens is 186 g/mol. The van der Waals surface area contributed by atoms with Crippen molar-refractivity contribution < 1.29 is 14.1 Å². The minimum atomic E-state index is -0.255. The minimum absolute atomic E-state index is 0.175. The summed E-state index contributed by atoms with van der Waals surface area (Å²) in [6.45, 7) is 0.313. The van der Waals surface area contributed by atoms with Crippen molar-refractivity contribution in [2.24, 2.45) is 5.73 Å². The molecule has 3 N–H and O–H groups in total. The maximum absolute atomic E-state index is 11.3. The first kappa shape index (κ1) is 10.7. The van der Waals surface area contributed by atoms with E-state index in [1.807, 2.05) is 0 Å². The van der Waals surface area contributed by atoms with Gasteiger partial charge in [-0.1, -0.05) is 5.16 Å². The van der Waals surface area contributed by atoms with Crippen LogP contribution in [-0.4, -0.2) is 30.8 Å². The number of aromatic nitrogens is 1. The van der Waals surface area contributed by atoms with E-state index < -0.39 is 0 Å². The van der Waals surface area contributed by atoms with Crippen molar-refractivity contribution in [3.63, 3.8) is 0 Å². The number of rotatable bonds is 5. The Morgan fingerprint density at radius 2 is 2.64 bits per heavy atom. The zero-order chi connectivity index (χ0) is 10.4. The zero-order valence-electron chi connectivity index (χ0n) is 7.90. The highest BCUT2D eigenvalue weighted by molar-refractivity contribution is 5.90. The summed E-state index contributed by atoms with van der Waals surface area (Å²) in [5, 5.41) is 6.04. The lowest BCUT2D eigenvalue weighted by atomic mass is 10.2. The van der Waals surface area contributed by atoms with Crippen molar-refractivity contribution >= 4 is 11.6 Å². The van der Waals surface area contributed by atoms with E-state index >= 15 is 0 Å². The van der Waals surface area contributed by atoms with E-state index in [0.29, 0.717) is 12.2 Å². The van der Waals surface area contributed by atoms with Crippen LogP contribution < -0.4 is 11.1 Å². The number of nitrogens with one attached hydrogen (secondary N) is 1. The van der Waals surface area contributed by atoms with E-state index in [4.69, 9.17) is 10.5 Å². The number of nitrogens with zero attached hydrogens (tertiary/aromatic N) is 1. The van der Waals surface area contributed by atoms with Gasteiger partial charge in [-0.15, -0.1) is 0 Å². The number of carbonyl (C=O) groups is 1. The Labute approximate surface area is 81.4 Å². The Bertz CT molecular complexity index is 269. The third-order valence-electron chi connectivity index (χ3n) is 1.73. The fourth-order valence-corrected chi connectivity index (χ4v) is 0.948. The van der Waals surface area contributed by atoms with Crippen LogP contribution in [0.3, 0.4) is 0 Å². The molecule has 1 rings (SSSR count). The van der Waals surface area contributed by atoms with Crippen molar-refractivity contribution in [3.8, 4) is 0 Å². The van der Waals surface area contributed by atoms with Gasteiger partial charge in [0.05, 0.1) is 18.7 Å². The lowest BCUT2D eigenvalue weighted by Crippen LogP contribution is -2.28. The van der Waals surface area contributed by atoms with Crippen LogP contribution in [0.4, 0.5) is 5.69 Å². The first-order valence-corrected chi connectivity index (χ1v) is 4.18. The number of ether oxygens (including phenoxy) is 1. The fraction of sp³-hybridized carbons (Fsp3) is 0.500. The number of amides is 1. The molecule has 78 valence electrons. The summed E-state index contributed by atoms with van der Waals surface area (Å²) < 4.78 is 9.52. The van der Waals surface area contributed by atoms with Gasteiger partial charge >= 0.3 is 0 Å². The first-order valence-electron chi connectivity index (χ1n) is 4.18. The van der Waals surface area contributed by atoms with Gasteiger partial charge in [0, 0.05) is 13.7 Å². The largest absolute Gasteiger partial charge is 0.380 e. The molecule has 0 aliphatic carbocycles. The molecule has 1 amide bonds. The van der Waals surface area contributed by atoms with E-state index in [0.717, 1.165) is 0 Å². The van der Waals surface area contributed by atoms with E-state index in [9.17, 15) is 4.79 Å². The maximum atomic E-state index is 11.3. The first-order chi connectivity index (χ1) is 6.76. The maximum Gasteiger partial charge on any atom is 0.227 e. The van der Waals surface area contributed by atoms with Crippen molar-refractivity contribution in [2.75, 3.05) is 19.0 Å². The Kier molecular flexibility index (Phi) is 4.09. The van der Waals surface area contributed by atoms with Crippen molar-refractivity contribution in [1.82, 2.24) is 5.16 Å². The summed E-state index contributed by atoms with van der Waals surface area (Å²) in [5.41, 5.74) is 5.90. The summed E-state index contributed by atoms with van der Waals surface area (Å²) in [6, 6.07) is 0. The summed E-state index contributed by atoms with van der Waals surface area (Å²) >= 11 is 0. The Hall–Kier alpha value is -1.40. The van der Waals surface area contributed by atoms with Gasteiger partial charge in [0.15, 0.2) is 0 Å². The van der Waals surface area contributed by atoms with Crippen LogP contribution in [0.5, 0.6) is 0 Å². The normalized spacial score (nSPS) is 12.4. The van der Waals surface area contributed by atoms with E-state index in [-0.39, 0.29) is 18.4 Å². The highest BCUT2D eigenvalue weighted by atomic mass is 16.5. The second-order valence-electron chi connectivity index (χ2n) is 2.76. The second-order valence-corrected chi connectivity index (χ2v) is 2.76. The highest BCUT2D eigenvalue weighted by Crippen LogP contribution is 2.05. The van der Waals surface area contributed by atoms with Crippen LogP contribution in [0.2, 0.25) is 0 Å². The number of hydrogen-bond acceptors (Lipinski definition) is 5. The van der Waals surface area contributed by atoms with Gasteiger partial charge < -0.3 is 20.3 Å². The summed E-state index contributed by atoms with van der Waals surface area (Å²) in [4.78, 5) is 11.3. The molecule has 1 aromatic heterocycles. The molecule has 6 heteroatoms. The average Bonchev–Trinajstić information content (AvgIpc) is 2.66. The Balaban J connectivity index is 2.35. The van der Waals surface area contributed by atoms with Gasteiger partial charge in [0.1, 0.15) is 12.0 Å². The molecule has 14 heavy (non-hydrogen) atoms. The molecule has 0 radical (unpaired) electrons. The zero-order valence-corrected chi connectivity index (χ0v) is 7.90. The number of methoxy groups -OCH3 is 1. The average molecular weight is 199 g/mol. The van der Waals surface area contributed by atoms with Crippen LogP contribution >= 0.6 is 0 Å². The van der Waals surface area contributed by atoms with Crippen molar-refractivity contribution in [2.45, 2.75) is 12.5 Å². The lowest BCUT2D eigenvalue weighted by Gasteiger charge is -2.11. The van der Waals surface area contributed by atoms with Crippen LogP contribution in [0, 0.1) is 0 Å². The van der Waals surface area contributed by atoms with E-state index in [1.165, 1.54) is 19.6 Å². The predicted octanol–water partition coefficient (Wildman–Crippen LogP) is -0.0231. The molecule has 6 nitrogen and oxygen atoms in total. The number of hydrogen-bond donors (Lipinski definition) is 2. The molecule has 0 aliphatic rings. The van der Waals surface area contributed by atoms with Crippen LogP contribution in [0.25, 0.3) is 0 Å². The van der Waals surface area contributed by atoms with Gasteiger partial charge in [-0.25, -0.2) is 0 Å². The molecule has 0 bridgehead atoms. The number of anilines is 1. The fourth-order valence-electron chi connectivity index (χ4n) is 0.948. The van der Waals surface area contributed by atoms with Gasteiger partial charge in [-0.3, -0.25) is 4.79 Å². The lowest BCUT2D eigenvalue weighted by molar-refractivity contribution is -0.118. The molecule has 0 fully saturated rings. The van der Waals surface area contributed by atoms with Gasteiger partial charge in [-0.05, 0) is 0 Å². The van der Waals surface area contributed by atoms with E-state index in [1.54, 1.807) is 0 Å². The van der Waals surface area contributed by atoms with Crippen molar-refractivity contribution in [1.29, 1.82) is 0 Å². The topological polar surface area (TPSA) is 90.4 Å². The van der Waals surface area contributed by atoms with Crippen LogP contribution in [0.1, 0.15) is 6.42 Å². The summed E-state index contributed by atoms with van der Waals surface area (Å²) in [5.74, 6) is -0.175. The van der Waals surface area contributed by atoms with E-state index in [2.05, 4.69) is 15.0 Å². The minimum Gasteiger partial charge on any atom is -0.380 e. The van der Waals surface area contributed by atoms with Gasteiger partial charge in [0.25, 0.3) is 0 Å². The summed E-state index contributed by atoms with van der Waals surface area (Å²) in [7, 11) is 1.52. The van der Waals surface area contributed by atoms with Crippen LogP contribution in [-0.2, 0) is 9.53 Å². The smallest absolute Gasteiger partial charge is 0.227 e. The van der Waals surface area contributed by atoms with Gasteiger partial charge in [0.2, 0.25) is 5.91 Å². The van der Waals surface area contributed by atoms with Crippen LogP contribution in [0.15, 0.2) is 17.0 Å². The molecule has 0 aliphatic heterocycles. The standard InChI is InChI=1S/C8H13N3O3/c1-13-7(3-9)2-8(12)11-6-4-10-14-5-6/h4-5,7H,2-3,9H2,1H3,(H,11,12). The predicted molar refractivity (Wildman–Crippen MR) is 49.6 cm³/mol. The summed E-state index contributed by atoms with van der Waals surface area (Å²) in [6.07, 6.45) is 2.73. The Morgan fingerprint density at radius 3 is 3.14 bits per heavy atom. The molecular formula is C8H13N3O3. The SMILES string of the molecule is COC(CN)CC(=O)Nc1cnoc1. The number of carbonyl (C=O) groups excluding carboxylic acids is 1. The quantitative estimate of drug-likeness (QED) is 0.695. The van der Waals surface area contributed by atoms with Crippen molar-refractivity contribution in [3.05, 3.63) is 12.5 Å². The molecule has 1 unspecified atom stereocenters.